The Morgan fingerprint density at radius 3 is 2.35 bits per heavy atom. The van der Waals surface area contributed by atoms with E-state index in [4.69, 9.17) is 23.2 Å². The lowest BCUT2D eigenvalue weighted by molar-refractivity contribution is -0.143. The predicted molar refractivity (Wildman–Crippen MR) is 118 cm³/mol. The first-order chi connectivity index (χ1) is 14.5. The molecular formula is C21H22Cl2N2O5S. The number of nitrogens with one attached hydrogen (secondary N) is 1. The standard InChI is InChI=1S/C21H22Cl2N2O5S/c1-21(20(28)24-18(19(26)27)10-14-6-3-2-4-7-14)8-5-9-25(21)31(29,30)17-12-15(22)11-16(23)13-17/h2-4,6-7,11-13,18H,5,8-10H2,1H3,(H,24,28)(H,26,27)/t18?,21-/m0/s1. The fraction of sp³-hybridized carbons (Fsp3) is 0.333. The van der Waals surface area contributed by atoms with E-state index in [1.165, 1.54) is 25.1 Å². The lowest BCUT2D eigenvalue weighted by atomic mass is 9.97. The molecule has 0 bridgehead atoms. The molecule has 1 heterocycles. The van der Waals surface area contributed by atoms with Crippen LogP contribution in [0.5, 0.6) is 0 Å². The van der Waals surface area contributed by atoms with Crippen LogP contribution in [0.15, 0.2) is 53.4 Å². The van der Waals surface area contributed by atoms with Gasteiger partial charge in [0, 0.05) is 23.0 Å². The third-order valence-electron chi connectivity index (χ3n) is 5.37. The minimum atomic E-state index is -4.10. The molecule has 2 atom stereocenters. The molecular weight excluding hydrogens is 463 g/mol. The van der Waals surface area contributed by atoms with Crippen LogP contribution < -0.4 is 5.32 Å². The number of hydrogen-bond donors (Lipinski definition) is 2. The maximum absolute atomic E-state index is 13.3. The van der Waals surface area contributed by atoms with Crippen LogP contribution in [-0.4, -0.2) is 47.8 Å². The molecule has 2 N–H and O–H groups in total. The third kappa shape index (κ3) is 5.03. The van der Waals surface area contributed by atoms with Gasteiger partial charge in [-0.1, -0.05) is 53.5 Å². The van der Waals surface area contributed by atoms with Crippen LogP contribution in [-0.2, 0) is 26.0 Å². The van der Waals surface area contributed by atoms with Crippen LogP contribution >= 0.6 is 23.2 Å². The molecule has 7 nitrogen and oxygen atoms in total. The Hall–Kier alpha value is -2.13. The lowest BCUT2D eigenvalue weighted by Crippen LogP contribution is -2.58. The van der Waals surface area contributed by atoms with Gasteiger partial charge in [0.15, 0.2) is 0 Å². The van der Waals surface area contributed by atoms with Gasteiger partial charge in [0.2, 0.25) is 15.9 Å². The van der Waals surface area contributed by atoms with Gasteiger partial charge in [-0.05, 0) is 43.5 Å². The van der Waals surface area contributed by atoms with Gasteiger partial charge in [-0.25, -0.2) is 13.2 Å². The van der Waals surface area contributed by atoms with Crippen LogP contribution in [0.25, 0.3) is 0 Å². The van der Waals surface area contributed by atoms with E-state index in [1.54, 1.807) is 24.3 Å². The van der Waals surface area contributed by atoms with Crippen molar-refractivity contribution in [2.24, 2.45) is 0 Å². The van der Waals surface area contributed by atoms with Crippen molar-refractivity contribution < 1.29 is 23.1 Å². The molecule has 1 fully saturated rings. The molecule has 0 spiro atoms. The Morgan fingerprint density at radius 2 is 1.77 bits per heavy atom. The normalized spacial score (nSPS) is 20.4. The third-order valence-corrected chi connectivity index (χ3v) is 7.81. The number of carbonyl (C=O) groups excluding carboxylic acids is 1. The van der Waals surface area contributed by atoms with Crippen molar-refractivity contribution in [2.75, 3.05) is 6.54 Å². The van der Waals surface area contributed by atoms with E-state index < -0.39 is 33.5 Å². The number of benzene rings is 2. The van der Waals surface area contributed by atoms with Crippen LogP contribution in [0.4, 0.5) is 0 Å². The number of rotatable bonds is 7. The van der Waals surface area contributed by atoms with Gasteiger partial charge in [0.1, 0.15) is 11.6 Å². The Morgan fingerprint density at radius 1 is 1.16 bits per heavy atom. The molecule has 1 amide bonds. The van der Waals surface area contributed by atoms with E-state index in [9.17, 15) is 23.1 Å². The maximum Gasteiger partial charge on any atom is 0.326 e. The fourth-order valence-electron chi connectivity index (χ4n) is 3.72. The molecule has 1 unspecified atom stereocenters. The second-order valence-electron chi connectivity index (χ2n) is 7.61. The molecule has 2 aromatic carbocycles. The molecule has 0 aromatic heterocycles. The van der Waals surface area contributed by atoms with Crippen molar-refractivity contribution in [3.63, 3.8) is 0 Å². The van der Waals surface area contributed by atoms with Gasteiger partial charge in [-0.15, -0.1) is 0 Å². The van der Waals surface area contributed by atoms with Gasteiger partial charge in [-0.2, -0.15) is 4.31 Å². The summed E-state index contributed by atoms with van der Waals surface area (Å²) in [5.41, 5.74) is -0.706. The molecule has 0 aliphatic carbocycles. The summed E-state index contributed by atoms with van der Waals surface area (Å²) in [5.74, 6) is -1.86. The van der Waals surface area contributed by atoms with E-state index in [1.807, 2.05) is 6.07 Å². The summed E-state index contributed by atoms with van der Waals surface area (Å²) in [6.45, 7) is 1.62. The zero-order chi connectivity index (χ0) is 22.8. The summed E-state index contributed by atoms with van der Waals surface area (Å²) < 4.78 is 27.7. The minimum Gasteiger partial charge on any atom is -0.480 e. The van der Waals surface area contributed by atoms with Crippen molar-refractivity contribution in [2.45, 2.75) is 42.7 Å². The number of carboxylic acid groups (broad SMARTS) is 1. The van der Waals surface area contributed by atoms with E-state index >= 15 is 0 Å². The Kier molecular flexibility index (Phi) is 6.95. The summed E-state index contributed by atoms with van der Waals surface area (Å²) in [5, 5.41) is 12.4. The van der Waals surface area contributed by atoms with Crippen LogP contribution in [0.3, 0.4) is 0 Å². The number of aliphatic carboxylic acids is 1. The molecule has 2 aromatic rings. The Bertz CT molecular complexity index is 1070. The summed E-state index contributed by atoms with van der Waals surface area (Å²) >= 11 is 11.9. The monoisotopic (exact) mass is 484 g/mol. The quantitative estimate of drug-likeness (QED) is 0.626. The zero-order valence-corrected chi connectivity index (χ0v) is 19.0. The number of carbonyl (C=O) groups is 2. The molecule has 1 aliphatic rings. The largest absolute Gasteiger partial charge is 0.480 e. The summed E-state index contributed by atoms with van der Waals surface area (Å²) in [7, 11) is -4.10. The number of hydrogen-bond acceptors (Lipinski definition) is 4. The maximum atomic E-state index is 13.3. The van der Waals surface area contributed by atoms with Gasteiger partial charge < -0.3 is 10.4 Å². The predicted octanol–water partition coefficient (Wildman–Crippen LogP) is 3.35. The molecule has 166 valence electrons. The van der Waals surface area contributed by atoms with E-state index in [-0.39, 0.29) is 34.3 Å². The Labute approximate surface area is 191 Å². The molecule has 0 saturated carbocycles. The second-order valence-corrected chi connectivity index (χ2v) is 10.3. The second kappa shape index (κ2) is 9.16. The van der Waals surface area contributed by atoms with Gasteiger partial charge in [-0.3, -0.25) is 4.79 Å². The average Bonchev–Trinajstić information content (AvgIpc) is 3.11. The summed E-state index contributed by atoms with van der Waals surface area (Å²) in [6, 6.07) is 11.7. The number of sulfonamides is 1. The zero-order valence-electron chi connectivity index (χ0n) is 16.7. The van der Waals surface area contributed by atoms with E-state index in [0.717, 1.165) is 9.87 Å². The highest BCUT2D eigenvalue weighted by Gasteiger charge is 2.50. The topological polar surface area (TPSA) is 104 Å². The molecule has 31 heavy (non-hydrogen) atoms. The average molecular weight is 485 g/mol. The van der Waals surface area contributed by atoms with Crippen molar-refractivity contribution in [1.82, 2.24) is 9.62 Å². The van der Waals surface area contributed by atoms with Crippen molar-refractivity contribution in [3.8, 4) is 0 Å². The van der Waals surface area contributed by atoms with Crippen molar-refractivity contribution in [3.05, 3.63) is 64.1 Å². The number of carboxylic acids is 1. The smallest absolute Gasteiger partial charge is 0.326 e. The van der Waals surface area contributed by atoms with Gasteiger partial charge >= 0.3 is 5.97 Å². The number of amides is 1. The van der Waals surface area contributed by atoms with Gasteiger partial charge in [0.05, 0.1) is 4.90 Å². The first-order valence-electron chi connectivity index (χ1n) is 9.61. The Balaban J connectivity index is 1.87. The lowest BCUT2D eigenvalue weighted by Gasteiger charge is -2.34. The molecule has 0 radical (unpaired) electrons. The number of nitrogens with zero attached hydrogens (tertiary/aromatic N) is 1. The van der Waals surface area contributed by atoms with Crippen LogP contribution in [0, 0.1) is 0 Å². The van der Waals surface area contributed by atoms with Crippen molar-refractivity contribution >= 4 is 45.1 Å². The van der Waals surface area contributed by atoms with Crippen LogP contribution in [0.1, 0.15) is 25.3 Å². The highest BCUT2D eigenvalue weighted by Crippen LogP contribution is 2.36. The highest BCUT2D eigenvalue weighted by molar-refractivity contribution is 7.89. The number of halogens is 2. The molecule has 1 saturated heterocycles. The minimum absolute atomic E-state index is 0.0780. The SMILES string of the molecule is C[C@@]1(C(=O)NC(Cc2ccccc2)C(=O)O)CCCN1S(=O)(=O)c1cc(Cl)cc(Cl)c1. The highest BCUT2D eigenvalue weighted by atomic mass is 35.5. The molecule has 1 aliphatic heterocycles. The summed E-state index contributed by atoms with van der Waals surface area (Å²) in [4.78, 5) is 24.8. The summed E-state index contributed by atoms with van der Waals surface area (Å²) in [6.07, 6.45) is 0.784. The molecule has 10 heteroatoms. The first-order valence-corrected chi connectivity index (χ1v) is 11.8. The van der Waals surface area contributed by atoms with E-state index in [2.05, 4.69) is 5.32 Å². The first kappa shape index (κ1) is 23.5. The van der Waals surface area contributed by atoms with E-state index in [0.29, 0.717) is 6.42 Å². The van der Waals surface area contributed by atoms with Gasteiger partial charge in [0.25, 0.3) is 0 Å². The van der Waals surface area contributed by atoms with Crippen LogP contribution in [0.2, 0.25) is 10.0 Å². The van der Waals surface area contributed by atoms with Crippen molar-refractivity contribution in [1.29, 1.82) is 0 Å². The fourth-order valence-corrected chi connectivity index (χ4v) is 6.25. The molecule has 3 rings (SSSR count).